The second kappa shape index (κ2) is 7.84. The van der Waals surface area contributed by atoms with E-state index in [1.54, 1.807) is 16.7 Å². The number of rotatable bonds is 5. The number of halogens is 2. The van der Waals surface area contributed by atoms with Gasteiger partial charge in [-0.05, 0) is 46.8 Å². The summed E-state index contributed by atoms with van der Waals surface area (Å²) in [6.45, 7) is 0.350. The molecule has 0 spiro atoms. The van der Waals surface area contributed by atoms with Crippen LogP contribution in [0.15, 0.2) is 69.9 Å². The molecule has 0 fully saturated rings. The van der Waals surface area contributed by atoms with Crippen LogP contribution in [-0.4, -0.2) is 9.55 Å². The molecule has 2 aromatic heterocycles. The highest BCUT2D eigenvalue weighted by atomic mass is 35.5. The molecule has 0 unspecified atom stereocenters. The van der Waals surface area contributed by atoms with Crippen molar-refractivity contribution in [2.45, 2.75) is 17.5 Å². The molecule has 7 heteroatoms. The number of nitrogens with zero attached hydrogens (tertiary/aromatic N) is 2. The maximum atomic E-state index is 13.2. The monoisotopic (exact) mass is 416 g/mol. The molecule has 0 aliphatic rings. The predicted molar refractivity (Wildman–Crippen MR) is 110 cm³/mol. The van der Waals surface area contributed by atoms with Gasteiger partial charge in [-0.2, -0.15) is 0 Å². The van der Waals surface area contributed by atoms with Crippen LogP contribution in [0.4, 0.5) is 4.39 Å². The zero-order valence-electron chi connectivity index (χ0n) is 14.1. The van der Waals surface area contributed by atoms with Gasteiger partial charge >= 0.3 is 0 Å². The largest absolute Gasteiger partial charge is 0.282 e. The van der Waals surface area contributed by atoms with Crippen molar-refractivity contribution in [1.82, 2.24) is 9.55 Å². The van der Waals surface area contributed by atoms with Gasteiger partial charge in [0.2, 0.25) is 0 Å². The Hall–Kier alpha value is -2.15. The van der Waals surface area contributed by atoms with Gasteiger partial charge in [0.1, 0.15) is 10.5 Å². The average molecular weight is 417 g/mol. The number of hydrogen-bond acceptors (Lipinski definition) is 4. The smallest absolute Gasteiger partial charge is 0.272 e. The van der Waals surface area contributed by atoms with E-state index in [0.29, 0.717) is 32.7 Å². The van der Waals surface area contributed by atoms with E-state index < -0.39 is 0 Å². The summed E-state index contributed by atoms with van der Waals surface area (Å²) in [5.74, 6) is 0.373. The van der Waals surface area contributed by atoms with Crippen LogP contribution in [0, 0.1) is 5.82 Å². The summed E-state index contributed by atoms with van der Waals surface area (Å²) in [6, 6.07) is 15.6. The molecule has 136 valence electrons. The Balaban J connectivity index is 1.69. The molecular weight excluding hydrogens is 403 g/mol. The van der Waals surface area contributed by atoms with Gasteiger partial charge in [0, 0.05) is 10.8 Å². The summed E-state index contributed by atoms with van der Waals surface area (Å²) in [5, 5.41) is 3.20. The Morgan fingerprint density at radius 3 is 2.48 bits per heavy atom. The summed E-state index contributed by atoms with van der Waals surface area (Å²) in [5.41, 5.74) is 2.58. The molecule has 0 aliphatic carbocycles. The highest BCUT2D eigenvalue weighted by Crippen LogP contribution is 2.25. The first-order chi connectivity index (χ1) is 13.1. The second-order valence-electron chi connectivity index (χ2n) is 5.96. The van der Waals surface area contributed by atoms with Crippen LogP contribution >= 0.6 is 34.7 Å². The molecule has 4 aromatic rings. The van der Waals surface area contributed by atoms with Crippen molar-refractivity contribution >= 4 is 44.9 Å². The molecule has 3 nitrogen and oxygen atoms in total. The molecule has 0 amide bonds. The van der Waals surface area contributed by atoms with E-state index in [1.165, 1.54) is 35.2 Å². The molecule has 2 aromatic carbocycles. The summed E-state index contributed by atoms with van der Waals surface area (Å²) >= 11 is 8.83. The first-order valence-electron chi connectivity index (χ1n) is 8.20. The van der Waals surface area contributed by atoms with Crippen LogP contribution in [0.1, 0.15) is 11.1 Å². The Morgan fingerprint density at radius 2 is 1.74 bits per heavy atom. The van der Waals surface area contributed by atoms with Crippen molar-refractivity contribution in [3.63, 3.8) is 0 Å². The maximum Gasteiger partial charge on any atom is 0.272 e. The molecule has 0 bridgehead atoms. The van der Waals surface area contributed by atoms with Gasteiger partial charge in [0.25, 0.3) is 5.56 Å². The van der Waals surface area contributed by atoms with E-state index in [1.807, 2.05) is 35.7 Å². The number of benzene rings is 2. The molecular formula is C20H14ClFN2OS2. The van der Waals surface area contributed by atoms with Crippen LogP contribution < -0.4 is 5.56 Å². The summed E-state index contributed by atoms with van der Waals surface area (Å²) in [7, 11) is 0. The highest BCUT2D eigenvalue weighted by Gasteiger charge is 2.13. The molecule has 0 saturated carbocycles. The van der Waals surface area contributed by atoms with Crippen LogP contribution in [0.2, 0.25) is 5.02 Å². The van der Waals surface area contributed by atoms with Crippen molar-refractivity contribution in [3.05, 3.63) is 92.3 Å². The Morgan fingerprint density at radius 1 is 1.04 bits per heavy atom. The molecule has 0 saturated heterocycles. The number of thiophene rings is 1. The SMILES string of the molecule is O=c1c2sccc2nc(SCc2ccc(Cl)cc2)n1Cc1ccc(F)cc1. The average Bonchev–Trinajstić information content (AvgIpc) is 3.14. The van der Waals surface area contributed by atoms with E-state index in [-0.39, 0.29) is 11.4 Å². The van der Waals surface area contributed by atoms with Crippen molar-refractivity contribution in [3.8, 4) is 0 Å². The fourth-order valence-electron chi connectivity index (χ4n) is 2.67. The van der Waals surface area contributed by atoms with E-state index in [4.69, 9.17) is 11.6 Å². The zero-order valence-corrected chi connectivity index (χ0v) is 16.5. The minimum absolute atomic E-state index is 0.0714. The van der Waals surface area contributed by atoms with Crippen LogP contribution in [-0.2, 0) is 12.3 Å². The third kappa shape index (κ3) is 4.08. The zero-order chi connectivity index (χ0) is 18.8. The molecule has 0 aliphatic heterocycles. The summed E-state index contributed by atoms with van der Waals surface area (Å²) in [4.78, 5) is 17.6. The fraction of sp³-hybridized carbons (Fsp3) is 0.100. The van der Waals surface area contributed by atoms with E-state index in [2.05, 4.69) is 4.98 Å². The first kappa shape index (κ1) is 18.2. The standard InChI is InChI=1S/C20H14ClFN2OS2/c21-15-5-1-14(2-6-15)12-27-20-23-17-9-10-26-18(17)19(25)24(20)11-13-3-7-16(22)8-4-13/h1-10H,11-12H2. The van der Waals surface area contributed by atoms with Crippen LogP contribution in [0.5, 0.6) is 0 Å². The van der Waals surface area contributed by atoms with Crippen molar-refractivity contribution < 1.29 is 4.39 Å². The van der Waals surface area contributed by atoms with Gasteiger partial charge in [-0.1, -0.05) is 47.6 Å². The Labute approximate surface area is 168 Å². The first-order valence-corrected chi connectivity index (χ1v) is 10.4. The minimum Gasteiger partial charge on any atom is -0.282 e. The number of hydrogen-bond donors (Lipinski definition) is 0. The molecule has 0 N–H and O–H groups in total. The van der Waals surface area contributed by atoms with Crippen molar-refractivity contribution in [1.29, 1.82) is 0 Å². The van der Waals surface area contributed by atoms with Gasteiger partial charge in [-0.3, -0.25) is 9.36 Å². The molecule has 0 radical (unpaired) electrons. The molecule has 4 rings (SSSR count). The number of fused-ring (bicyclic) bond motifs is 1. The van der Waals surface area contributed by atoms with Gasteiger partial charge in [0.15, 0.2) is 5.16 Å². The molecule has 0 atom stereocenters. The summed E-state index contributed by atoms with van der Waals surface area (Å²) < 4.78 is 15.5. The lowest BCUT2D eigenvalue weighted by atomic mass is 10.2. The Bertz CT molecular complexity index is 1140. The van der Waals surface area contributed by atoms with E-state index >= 15 is 0 Å². The minimum atomic E-state index is -0.296. The van der Waals surface area contributed by atoms with E-state index in [0.717, 1.165) is 11.1 Å². The van der Waals surface area contributed by atoms with Crippen LogP contribution in [0.25, 0.3) is 10.2 Å². The third-order valence-electron chi connectivity index (χ3n) is 4.07. The van der Waals surface area contributed by atoms with Crippen LogP contribution in [0.3, 0.4) is 0 Å². The second-order valence-corrected chi connectivity index (χ2v) is 8.26. The Kier molecular flexibility index (Phi) is 5.29. The van der Waals surface area contributed by atoms with Gasteiger partial charge < -0.3 is 0 Å². The number of thioether (sulfide) groups is 1. The van der Waals surface area contributed by atoms with Gasteiger partial charge in [-0.15, -0.1) is 11.3 Å². The normalized spacial score (nSPS) is 11.2. The lowest BCUT2D eigenvalue weighted by Gasteiger charge is -2.12. The van der Waals surface area contributed by atoms with E-state index in [9.17, 15) is 9.18 Å². The third-order valence-corrected chi connectivity index (χ3v) is 6.26. The molecule has 27 heavy (non-hydrogen) atoms. The van der Waals surface area contributed by atoms with Gasteiger partial charge in [-0.25, -0.2) is 9.37 Å². The quantitative estimate of drug-likeness (QED) is 0.314. The number of aromatic nitrogens is 2. The van der Waals surface area contributed by atoms with Crippen molar-refractivity contribution in [2.24, 2.45) is 0 Å². The lowest BCUT2D eigenvalue weighted by Crippen LogP contribution is -2.23. The molecule has 2 heterocycles. The summed E-state index contributed by atoms with van der Waals surface area (Å²) in [6.07, 6.45) is 0. The van der Waals surface area contributed by atoms with Gasteiger partial charge in [0.05, 0.1) is 12.1 Å². The van der Waals surface area contributed by atoms with Crippen molar-refractivity contribution in [2.75, 3.05) is 0 Å². The lowest BCUT2D eigenvalue weighted by molar-refractivity contribution is 0.623. The topological polar surface area (TPSA) is 34.9 Å². The highest BCUT2D eigenvalue weighted by molar-refractivity contribution is 7.98. The predicted octanol–water partition coefficient (Wildman–Crippen LogP) is 5.59. The fourth-order valence-corrected chi connectivity index (χ4v) is 4.53. The maximum absolute atomic E-state index is 13.2.